The fourth-order valence-corrected chi connectivity index (χ4v) is 4.54. The van der Waals surface area contributed by atoms with Crippen LogP contribution in [0.25, 0.3) is 0 Å². The molecule has 2 aromatic carbocycles. The second-order valence-electron chi connectivity index (χ2n) is 7.35. The van der Waals surface area contributed by atoms with Crippen molar-refractivity contribution in [2.75, 3.05) is 4.72 Å². The summed E-state index contributed by atoms with van der Waals surface area (Å²) < 4.78 is 106. The molecule has 1 saturated carbocycles. The molecule has 1 aliphatic rings. The number of rotatable bonds is 5. The third-order valence-electron chi connectivity index (χ3n) is 4.98. The number of sulfonamides is 1. The third kappa shape index (κ3) is 5.53. The summed E-state index contributed by atoms with van der Waals surface area (Å²) in [5, 5.41) is 2.75. The van der Waals surface area contributed by atoms with Gasteiger partial charge in [-0.2, -0.15) is 26.3 Å². The van der Waals surface area contributed by atoms with Crippen LogP contribution in [0.3, 0.4) is 0 Å². The molecule has 0 saturated heterocycles. The van der Waals surface area contributed by atoms with Crippen LogP contribution in [0.2, 0.25) is 0 Å². The van der Waals surface area contributed by atoms with Gasteiger partial charge in [-0.05, 0) is 43.2 Å². The summed E-state index contributed by atoms with van der Waals surface area (Å²) in [6.45, 7) is 0. The van der Waals surface area contributed by atoms with Gasteiger partial charge in [0.2, 0.25) is 0 Å². The first-order valence-corrected chi connectivity index (χ1v) is 11.0. The summed E-state index contributed by atoms with van der Waals surface area (Å²) in [4.78, 5) is 11.3. The molecule has 0 unspecified atom stereocenters. The quantitative estimate of drug-likeness (QED) is 0.578. The zero-order valence-electron chi connectivity index (χ0n) is 16.3. The Labute approximate surface area is 179 Å². The topological polar surface area (TPSA) is 75.3 Å². The summed E-state index contributed by atoms with van der Waals surface area (Å²) in [5.41, 5.74) is -3.90. The summed E-state index contributed by atoms with van der Waals surface area (Å²) in [5.74, 6) is -0.602. The van der Waals surface area contributed by atoms with E-state index in [0.29, 0.717) is 0 Å². The molecule has 0 atom stereocenters. The molecular formula is C20H18F6N2O3S. The standard InChI is InChI=1S/C20H18F6N2O3S/c21-19(22,23)12-9-13(20(24,25)26)11-15(10-12)32(30,31)28-17-8-4-3-7-16(17)18(29)27-14-5-1-2-6-14/h3-4,7-11,14,28H,1-2,5-6H2,(H,27,29). The highest BCUT2D eigenvalue weighted by Gasteiger charge is 2.38. The lowest BCUT2D eigenvalue weighted by atomic mass is 10.1. The van der Waals surface area contributed by atoms with Gasteiger partial charge in [-0.25, -0.2) is 8.42 Å². The second-order valence-corrected chi connectivity index (χ2v) is 9.03. The number of hydrogen-bond donors (Lipinski definition) is 2. The van der Waals surface area contributed by atoms with E-state index in [1.807, 2.05) is 4.72 Å². The first-order valence-electron chi connectivity index (χ1n) is 9.49. The first kappa shape index (κ1) is 23.9. The van der Waals surface area contributed by atoms with E-state index in [2.05, 4.69) is 5.32 Å². The van der Waals surface area contributed by atoms with Crippen molar-refractivity contribution in [2.45, 2.75) is 49.0 Å². The molecule has 0 heterocycles. The van der Waals surface area contributed by atoms with Crippen molar-refractivity contribution in [3.05, 3.63) is 59.2 Å². The monoisotopic (exact) mass is 480 g/mol. The Balaban J connectivity index is 1.97. The van der Waals surface area contributed by atoms with Crippen molar-refractivity contribution >= 4 is 21.6 Å². The zero-order chi connectivity index (χ0) is 23.7. The number of para-hydroxylation sites is 1. The molecule has 0 aliphatic heterocycles. The molecule has 174 valence electrons. The minimum absolute atomic E-state index is 0.0926. The smallest absolute Gasteiger partial charge is 0.349 e. The SMILES string of the molecule is O=C(NC1CCCC1)c1ccccc1NS(=O)(=O)c1cc(C(F)(F)F)cc(C(F)(F)F)c1. The average molecular weight is 480 g/mol. The van der Waals surface area contributed by atoms with E-state index in [4.69, 9.17) is 0 Å². The molecule has 1 aliphatic carbocycles. The number of alkyl halides is 6. The number of carbonyl (C=O) groups excluding carboxylic acids is 1. The number of carbonyl (C=O) groups is 1. The van der Waals surface area contributed by atoms with Crippen LogP contribution < -0.4 is 10.0 Å². The van der Waals surface area contributed by atoms with Crippen molar-refractivity contribution in [2.24, 2.45) is 0 Å². The highest BCUT2D eigenvalue weighted by atomic mass is 32.2. The maximum Gasteiger partial charge on any atom is 0.416 e. The summed E-state index contributed by atoms with van der Waals surface area (Å²) in [6, 6.07) is 5.28. The molecular weight excluding hydrogens is 462 g/mol. The summed E-state index contributed by atoms with van der Waals surface area (Å²) in [7, 11) is -4.89. The molecule has 32 heavy (non-hydrogen) atoms. The van der Waals surface area contributed by atoms with Gasteiger partial charge in [0.25, 0.3) is 15.9 Å². The number of nitrogens with one attached hydrogen (secondary N) is 2. The number of amides is 1. The second kappa shape index (κ2) is 8.64. The highest BCUT2D eigenvalue weighted by molar-refractivity contribution is 7.92. The molecule has 2 N–H and O–H groups in total. The van der Waals surface area contributed by atoms with Crippen LogP contribution in [0.1, 0.15) is 47.2 Å². The van der Waals surface area contributed by atoms with Crippen LogP contribution in [0.4, 0.5) is 32.0 Å². The molecule has 1 fully saturated rings. The fraction of sp³-hybridized carbons (Fsp3) is 0.350. The third-order valence-corrected chi connectivity index (χ3v) is 6.32. The van der Waals surface area contributed by atoms with E-state index in [0.717, 1.165) is 25.7 Å². The lowest BCUT2D eigenvalue weighted by molar-refractivity contribution is -0.143. The molecule has 0 aromatic heterocycles. The van der Waals surface area contributed by atoms with Gasteiger partial charge in [0.05, 0.1) is 27.3 Å². The van der Waals surface area contributed by atoms with Gasteiger partial charge in [-0.15, -0.1) is 0 Å². The van der Waals surface area contributed by atoms with E-state index < -0.39 is 44.3 Å². The Morgan fingerprint density at radius 3 is 1.94 bits per heavy atom. The first-order chi connectivity index (χ1) is 14.8. The zero-order valence-corrected chi connectivity index (χ0v) is 17.2. The van der Waals surface area contributed by atoms with Gasteiger partial charge in [0.15, 0.2) is 0 Å². The Kier molecular flexibility index (Phi) is 6.45. The van der Waals surface area contributed by atoms with Crippen molar-refractivity contribution < 1.29 is 39.6 Å². The van der Waals surface area contributed by atoms with E-state index in [-0.39, 0.29) is 35.5 Å². The van der Waals surface area contributed by atoms with E-state index >= 15 is 0 Å². The largest absolute Gasteiger partial charge is 0.416 e. The summed E-state index contributed by atoms with van der Waals surface area (Å²) >= 11 is 0. The molecule has 0 spiro atoms. The normalized spacial score (nSPS) is 15.6. The van der Waals surface area contributed by atoms with Gasteiger partial charge in [-0.3, -0.25) is 9.52 Å². The summed E-state index contributed by atoms with van der Waals surface area (Å²) in [6.07, 6.45) is -7.05. The van der Waals surface area contributed by atoms with Gasteiger partial charge in [-0.1, -0.05) is 25.0 Å². The van der Waals surface area contributed by atoms with Gasteiger partial charge >= 0.3 is 12.4 Å². The van der Waals surface area contributed by atoms with E-state index in [1.165, 1.54) is 24.3 Å². The highest BCUT2D eigenvalue weighted by Crippen LogP contribution is 2.37. The van der Waals surface area contributed by atoms with E-state index in [9.17, 15) is 39.6 Å². The van der Waals surface area contributed by atoms with Gasteiger partial charge < -0.3 is 5.32 Å². The number of anilines is 1. The molecule has 1 amide bonds. The molecule has 2 aromatic rings. The molecule has 0 bridgehead atoms. The Bertz CT molecular complexity index is 1070. The molecule has 12 heteroatoms. The van der Waals surface area contributed by atoms with Crippen LogP contribution in [0.15, 0.2) is 47.4 Å². The van der Waals surface area contributed by atoms with E-state index in [1.54, 1.807) is 0 Å². The van der Waals surface area contributed by atoms with Crippen molar-refractivity contribution in [1.29, 1.82) is 0 Å². The number of hydrogen-bond acceptors (Lipinski definition) is 3. The maximum atomic E-state index is 13.1. The van der Waals surface area contributed by atoms with Crippen molar-refractivity contribution in [3.63, 3.8) is 0 Å². The Hall–Kier alpha value is -2.76. The van der Waals surface area contributed by atoms with Crippen LogP contribution in [-0.4, -0.2) is 20.4 Å². The lowest BCUT2D eigenvalue weighted by Crippen LogP contribution is -2.33. The van der Waals surface area contributed by atoms with Gasteiger partial charge in [0, 0.05) is 6.04 Å². The van der Waals surface area contributed by atoms with Crippen molar-refractivity contribution in [1.82, 2.24) is 5.32 Å². The number of halogens is 6. The minimum atomic E-state index is -5.20. The minimum Gasteiger partial charge on any atom is -0.349 e. The Morgan fingerprint density at radius 1 is 0.875 bits per heavy atom. The predicted octanol–water partition coefficient (Wildman–Crippen LogP) is 5.20. The molecule has 3 rings (SSSR count). The van der Waals surface area contributed by atoms with Crippen LogP contribution in [0, 0.1) is 0 Å². The predicted molar refractivity (Wildman–Crippen MR) is 103 cm³/mol. The molecule has 0 radical (unpaired) electrons. The maximum absolute atomic E-state index is 13.1. The number of benzene rings is 2. The fourth-order valence-electron chi connectivity index (χ4n) is 3.39. The van der Waals surface area contributed by atoms with Gasteiger partial charge in [0.1, 0.15) is 0 Å². The van der Waals surface area contributed by atoms with Crippen molar-refractivity contribution in [3.8, 4) is 0 Å². The Morgan fingerprint density at radius 2 is 1.41 bits per heavy atom. The van der Waals surface area contributed by atoms with Crippen LogP contribution in [-0.2, 0) is 22.4 Å². The average Bonchev–Trinajstić information content (AvgIpc) is 3.19. The van der Waals surface area contributed by atoms with Crippen LogP contribution in [0.5, 0.6) is 0 Å². The van der Waals surface area contributed by atoms with Crippen LogP contribution >= 0.6 is 0 Å². The molecule has 5 nitrogen and oxygen atoms in total. The lowest BCUT2D eigenvalue weighted by Gasteiger charge is -2.17.